The molecule has 7 nitrogen and oxygen atoms in total. The molecule has 5 aliphatic rings. The van der Waals surface area contributed by atoms with Crippen molar-refractivity contribution in [1.82, 2.24) is 0 Å². The fourth-order valence-corrected chi connectivity index (χ4v) is 7.14. The molecule has 3 saturated heterocycles. The van der Waals surface area contributed by atoms with Gasteiger partial charge in [0.25, 0.3) is 0 Å². The van der Waals surface area contributed by atoms with Gasteiger partial charge in [0.2, 0.25) is 0 Å². The fraction of sp³-hybridized carbons (Fsp3) is 0.719. The molecule has 2 bridgehead atoms. The van der Waals surface area contributed by atoms with E-state index in [1.165, 1.54) is 5.57 Å². The van der Waals surface area contributed by atoms with Gasteiger partial charge in [0, 0.05) is 26.4 Å². The number of methoxy groups -OCH3 is 1. The van der Waals surface area contributed by atoms with Crippen LogP contribution in [0.3, 0.4) is 0 Å². The van der Waals surface area contributed by atoms with Crippen LogP contribution in [0.25, 0.3) is 0 Å². The van der Waals surface area contributed by atoms with Gasteiger partial charge in [-0.05, 0) is 63.0 Å². The van der Waals surface area contributed by atoms with Crippen LogP contribution in [0.1, 0.15) is 73.1 Å². The lowest BCUT2D eigenvalue weighted by molar-refractivity contribution is -0.332. The van der Waals surface area contributed by atoms with Crippen LogP contribution in [0.2, 0.25) is 0 Å². The molecule has 1 spiro atoms. The van der Waals surface area contributed by atoms with E-state index in [1.54, 1.807) is 7.11 Å². The predicted octanol–water partition coefficient (Wildman–Crippen LogP) is 5.19. The van der Waals surface area contributed by atoms with Crippen LogP contribution in [-0.4, -0.2) is 66.7 Å². The number of hydrogen-bond donors (Lipinski definition) is 1. The maximum atomic E-state index is 13.9. The lowest BCUT2D eigenvalue weighted by Gasteiger charge is -2.49. The van der Waals surface area contributed by atoms with Crippen molar-refractivity contribution < 1.29 is 33.6 Å². The van der Waals surface area contributed by atoms with Crippen LogP contribution in [0, 0.1) is 17.8 Å². The molecule has 0 amide bonds. The maximum absolute atomic E-state index is 13.9. The standard InChI is InChI=1S/C32H46O7/c1-19-8-7-9-24-18-36-29-28(35-6)22(4)15-27(32(24,29)34)30(33)37-26-16-25(11-10-20(2)14-19)39-31(17-26)13-12-21(3)23(5)38-31/h7-10,15,19,21,23,25-29,34H,11-14,16-18H2,1-6H3. The average Bonchev–Trinajstić information content (AvgIpc) is 3.21. The number of carbonyl (C=O) groups is 1. The van der Waals surface area contributed by atoms with Gasteiger partial charge in [-0.25, -0.2) is 0 Å². The van der Waals surface area contributed by atoms with Crippen LogP contribution in [0.15, 0.2) is 47.1 Å². The third-order valence-corrected chi connectivity index (χ3v) is 9.52. The molecule has 5 rings (SSSR count). The number of esters is 1. The lowest BCUT2D eigenvalue weighted by Crippen LogP contribution is -2.58. The van der Waals surface area contributed by atoms with Gasteiger partial charge in [0.15, 0.2) is 5.79 Å². The Bertz CT molecular complexity index is 1060. The minimum atomic E-state index is -1.55. The Kier molecular flexibility index (Phi) is 8.29. The molecule has 216 valence electrons. The van der Waals surface area contributed by atoms with Crippen molar-refractivity contribution >= 4 is 5.97 Å². The first-order chi connectivity index (χ1) is 18.5. The molecule has 4 aliphatic heterocycles. The summed E-state index contributed by atoms with van der Waals surface area (Å²) in [4.78, 5) is 13.9. The summed E-state index contributed by atoms with van der Waals surface area (Å²) in [6, 6.07) is 0. The summed E-state index contributed by atoms with van der Waals surface area (Å²) in [7, 11) is 1.61. The van der Waals surface area contributed by atoms with E-state index < -0.39 is 35.5 Å². The number of rotatable bonds is 1. The van der Waals surface area contributed by atoms with Gasteiger partial charge in [0.05, 0.1) is 18.8 Å². The van der Waals surface area contributed by atoms with Crippen LogP contribution in [0.5, 0.6) is 0 Å². The average molecular weight is 543 g/mol. The van der Waals surface area contributed by atoms with Gasteiger partial charge in [-0.2, -0.15) is 0 Å². The quantitative estimate of drug-likeness (QED) is 0.361. The highest BCUT2D eigenvalue weighted by Gasteiger charge is 2.60. The number of carbonyl (C=O) groups excluding carboxylic acids is 1. The lowest BCUT2D eigenvalue weighted by atomic mass is 9.70. The predicted molar refractivity (Wildman–Crippen MR) is 148 cm³/mol. The largest absolute Gasteiger partial charge is 0.462 e. The summed E-state index contributed by atoms with van der Waals surface area (Å²) in [5.41, 5.74) is 1.27. The molecule has 0 aromatic rings. The van der Waals surface area contributed by atoms with Crippen molar-refractivity contribution in [2.24, 2.45) is 17.8 Å². The van der Waals surface area contributed by atoms with Crippen LogP contribution < -0.4 is 0 Å². The molecule has 1 aliphatic carbocycles. The third-order valence-electron chi connectivity index (χ3n) is 9.52. The van der Waals surface area contributed by atoms with E-state index >= 15 is 0 Å². The number of aliphatic hydroxyl groups is 1. The van der Waals surface area contributed by atoms with Gasteiger partial charge < -0.3 is 28.8 Å². The van der Waals surface area contributed by atoms with E-state index in [1.807, 2.05) is 25.2 Å². The molecule has 3 fully saturated rings. The molecule has 0 aromatic heterocycles. The van der Waals surface area contributed by atoms with Gasteiger partial charge in [-0.3, -0.25) is 4.79 Å². The zero-order chi connectivity index (χ0) is 27.9. The van der Waals surface area contributed by atoms with Gasteiger partial charge in [0.1, 0.15) is 29.8 Å². The molecule has 4 heterocycles. The summed E-state index contributed by atoms with van der Waals surface area (Å²) >= 11 is 0. The molecule has 7 heteroatoms. The monoisotopic (exact) mass is 542 g/mol. The SMILES string of the molecule is COC1C(C)=CC2C(=O)OC3CC(CC=C(C)CC(C)C=CC=C4COC1C42O)OC1(CCC(C)C(C)O1)C3. The first-order valence-corrected chi connectivity index (χ1v) is 14.7. The third kappa shape index (κ3) is 5.58. The Morgan fingerprint density at radius 3 is 2.67 bits per heavy atom. The molecule has 10 atom stereocenters. The number of hydrogen-bond acceptors (Lipinski definition) is 7. The van der Waals surface area contributed by atoms with Crippen molar-refractivity contribution in [3.8, 4) is 0 Å². The van der Waals surface area contributed by atoms with Crippen LogP contribution in [-0.2, 0) is 28.5 Å². The molecule has 10 unspecified atom stereocenters. The van der Waals surface area contributed by atoms with Crippen molar-refractivity contribution in [2.45, 2.75) is 115 Å². The van der Waals surface area contributed by atoms with Crippen molar-refractivity contribution in [1.29, 1.82) is 0 Å². The van der Waals surface area contributed by atoms with Gasteiger partial charge in [-0.15, -0.1) is 0 Å². The Hall–Kier alpha value is -1.77. The summed E-state index contributed by atoms with van der Waals surface area (Å²) in [6.07, 6.45) is 13.1. The Balaban J connectivity index is 1.52. The normalized spacial score (nSPS) is 45.2. The summed E-state index contributed by atoms with van der Waals surface area (Å²) in [5, 5.41) is 12.2. The van der Waals surface area contributed by atoms with Crippen LogP contribution >= 0.6 is 0 Å². The molecule has 0 aromatic carbocycles. The molecule has 0 saturated carbocycles. The van der Waals surface area contributed by atoms with Crippen molar-refractivity contribution in [3.63, 3.8) is 0 Å². The second-order valence-electron chi connectivity index (χ2n) is 12.6. The fourth-order valence-electron chi connectivity index (χ4n) is 7.14. The summed E-state index contributed by atoms with van der Waals surface area (Å²) in [6.45, 7) is 10.8. The molecular weight excluding hydrogens is 496 g/mol. The van der Waals surface area contributed by atoms with Crippen molar-refractivity contribution in [2.75, 3.05) is 13.7 Å². The van der Waals surface area contributed by atoms with E-state index in [9.17, 15) is 9.90 Å². The maximum Gasteiger partial charge on any atom is 0.316 e. The highest BCUT2D eigenvalue weighted by molar-refractivity contribution is 5.78. The number of ether oxygens (including phenoxy) is 5. The highest BCUT2D eigenvalue weighted by atomic mass is 16.7. The van der Waals surface area contributed by atoms with E-state index in [4.69, 9.17) is 23.7 Å². The van der Waals surface area contributed by atoms with Gasteiger partial charge in [-0.1, -0.05) is 49.8 Å². The molecule has 39 heavy (non-hydrogen) atoms. The van der Waals surface area contributed by atoms with Gasteiger partial charge >= 0.3 is 5.97 Å². The second-order valence-corrected chi connectivity index (χ2v) is 12.6. The number of fused-ring (bicyclic) bond motifs is 2. The zero-order valence-corrected chi connectivity index (χ0v) is 24.4. The molecule has 1 N–H and O–H groups in total. The van der Waals surface area contributed by atoms with E-state index in [2.05, 4.69) is 39.8 Å². The Morgan fingerprint density at radius 2 is 1.92 bits per heavy atom. The minimum Gasteiger partial charge on any atom is -0.462 e. The summed E-state index contributed by atoms with van der Waals surface area (Å²) < 4.78 is 31.3. The smallest absolute Gasteiger partial charge is 0.316 e. The van der Waals surface area contributed by atoms with Crippen LogP contribution in [0.4, 0.5) is 0 Å². The first-order valence-electron chi connectivity index (χ1n) is 14.7. The van der Waals surface area contributed by atoms with Crippen molar-refractivity contribution in [3.05, 3.63) is 47.1 Å². The Morgan fingerprint density at radius 1 is 1.13 bits per heavy atom. The second kappa shape index (κ2) is 11.2. The summed E-state index contributed by atoms with van der Waals surface area (Å²) in [5.74, 6) is -1.33. The zero-order valence-electron chi connectivity index (χ0n) is 24.4. The highest BCUT2D eigenvalue weighted by Crippen LogP contribution is 2.47. The molecule has 0 radical (unpaired) electrons. The van der Waals surface area contributed by atoms with E-state index in [0.717, 1.165) is 31.3 Å². The minimum absolute atomic E-state index is 0.0660. The Labute approximate surface area is 233 Å². The van der Waals surface area contributed by atoms with E-state index in [-0.39, 0.29) is 24.9 Å². The number of allylic oxidation sites excluding steroid dienone is 4. The molecular formula is C32H46O7. The van der Waals surface area contributed by atoms with E-state index in [0.29, 0.717) is 30.3 Å². The topological polar surface area (TPSA) is 83.5 Å². The first kappa shape index (κ1) is 28.7.